The van der Waals surface area contributed by atoms with E-state index in [-0.39, 0.29) is 28.6 Å². The van der Waals surface area contributed by atoms with Crippen LogP contribution in [0.4, 0.5) is 11.4 Å². The molecule has 8 nitrogen and oxygen atoms in total. The summed E-state index contributed by atoms with van der Waals surface area (Å²) in [4.78, 5) is 16.7. The first-order chi connectivity index (χ1) is 15.0. The van der Waals surface area contributed by atoms with E-state index in [2.05, 4.69) is 20.2 Å². The molecule has 10 heteroatoms. The molecule has 4 rings (SSSR count). The molecule has 0 unspecified atom stereocenters. The van der Waals surface area contributed by atoms with Crippen LogP contribution in [0.25, 0.3) is 11.4 Å². The largest absolute Gasteiger partial charge is 0.339 e. The minimum Gasteiger partial charge on any atom is -0.339 e. The number of carbonyl (C=O) groups excluding carboxylic acids is 1. The summed E-state index contributed by atoms with van der Waals surface area (Å²) in [6.45, 7) is 0. The van der Waals surface area contributed by atoms with Crippen molar-refractivity contribution >= 4 is 38.6 Å². The minimum atomic E-state index is -3.72. The molecule has 0 spiro atoms. The quantitative estimate of drug-likeness (QED) is 0.413. The second-order valence-corrected chi connectivity index (χ2v) is 9.37. The van der Waals surface area contributed by atoms with E-state index in [1.165, 1.54) is 6.07 Å². The monoisotopic (exact) mass is 454 g/mol. The number of para-hydroxylation sites is 2. The fraction of sp³-hybridized carbons (Fsp3) is 0.0952. The van der Waals surface area contributed by atoms with Gasteiger partial charge in [-0.25, -0.2) is 8.42 Å². The summed E-state index contributed by atoms with van der Waals surface area (Å²) in [5.41, 5.74) is 1.48. The van der Waals surface area contributed by atoms with Crippen molar-refractivity contribution in [1.82, 2.24) is 10.1 Å². The fourth-order valence-electron chi connectivity index (χ4n) is 2.79. The predicted molar refractivity (Wildman–Crippen MR) is 118 cm³/mol. The first-order valence-electron chi connectivity index (χ1n) is 9.34. The van der Waals surface area contributed by atoms with Gasteiger partial charge < -0.3 is 9.84 Å². The average Bonchev–Trinajstić information content (AvgIpc) is 3.47. The van der Waals surface area contributed by atoms with E-state index in [0.29, 0.717) is 17.4 Å². The van der Waals surface area contributed by atoms with Gasteiger partial charge in [-0.2, -0.15) is 4.98 Å². The number of carbonyl (C=O) groups is 1. The SMILES string of the molecule is O=C(CCc1nc(-c2ccccc2)no1)Nc1ccccc1NS(=O)(=O)c1cccs1. The zero-order valence-electron chi connectivity index (χ0n) is 16.2. The minimum absolute atomic E-state index is 0.0996. The van der Waals surface area contributed by atoms with Crippen molar-refractivity contribution < 1.29 is 17.7 Å². The summed E-state index contributed by atoms with van der Waals surface area (Å²) in [6, 6.07) is 19.2. The van der Waals surface area contributed by atoms with Gasteiger partial charge in [-0.3, -0.25) is 9.52 Å². The molecule has 2 N–H and O–H groups in total. The van der Waals surface area contributed by atoms with Crippen molar-refractivity contribution in [3.05, 3.63) is 78.0 Å². The average molecular weight is 455 g/mol. The van der Waals surface area contributed by atoms with Gasteiger partial charge >= 0.3 is 0 Å². The maximum atomic E-state index is 12.5. The molecule has 0 bridgehead atoms. The Bertz CT molecular complexity index is 1270. The zero-order valence-corrected chi connectivity index (χ0v) is 17.8. The first kappa shape index (κ1) is 20.8. The van der Waals surface area contributed by atoms with Crippen LogP contribution in [0.1, 0.15) is 12.3 Å². The Morgan fingerprint density at radius 3 is 2.45 bits per heavy atom. The normalized spacial score (nSPS) is 11.2. The smallest absolute Gasteiger partial charge is 0.271 e. The Morgan fingerprint density at radius 2 is 1.71 bits per heavy atom. The van der Waals surface area contributed by atoms with Crippen LogP contribution in [-0.2, 0) is 21.2 Å². The summed E-state index contributed by atoms with van der Waals surface area (Å²) in [5.74, 6) is 0.507. The molecule has 2 aromatic heterocycles. The number of aryl methyl sites for hydroxylation is 1. The molecule has 2 aromatic carbocycles. The van der Waals surface area contributed by atoms with Crippen molar-refractivity contribution in [1.29, 1.82) is 0 Å². The maximum absolute atomic E-state index is 12.5. The summed E-state index contributed by atoms with van der Waals surface area (Å²) in [6.07, 6.45) is 0.358. The zero-order chi connectivity index (χ0) is 21.7. The third-order valence-electron chi connectivity index (χ3n) is 4.27. The first-order valence-corrected chi connectivity index (χ1v) is 11.7. The Kier molecular flexibility index (Phi) is 6.10. The van der Waals surface area contributed by atoms with E-state index in [4.69, 9.17) is 4.52 Å². The second kappa shape index (κ2) is 9.11. The number of sulfonamides is 1. The van der Waals surface area contributed by atoms with Gasteiger partial charge in [-0.1, -0.05) is 53.7 Å². The third kappa shape index (κ3) is 5.16. The lowest BCUT2D eigenvalue weighted by atomic mass is 10.2. The number of thiophene rings is 1. The fourth-order valence-corrected chi connectivity index (χ4v) is 4.86. The number of benzene rings is 2. The van der Waals surface area contributed by atoms with E-state index in [9.17, 15) is 13.2 Å². The summed E-state index contributed by atoms with van der Waals surface area (Å²) >= 11 is 1.11. The number of hydrogen-bond acceptors (Lipinski definition) is 7. The van der Waals surface area contributed by atoms with Crippen molar-refractivity contribution in [2.75, 3.05) is 10.0 Å². The van der Waals surface area contributed by atoms with Gasteiger partial charge in [0.2, 0.25) is 17.6 Å². The summed E-state index contributed by atoms with van der Waals surface area (Å²) < 4.78 is 32.9. The highest BCUT2D eigenvalue weighted by molar-refractivity contribution is 7.94. The van der Waals surface area contributed by atoms with Crippen molar-refractivity contribution in [3.63, 3.8) is 0 Å². The van der Waals surface area contributed by atoms with Crippen LogP contribution >= 0.6 is 11.3 Å². The third-order valence-corrected chi connectivity index (χ3v) is 7.03. The molecule has 0 aliphatic heterocycles. The molecule has 0 aliphatic carbocycles. The number of nitrogens with zero attached hydrogens (tertiary/aromatic N) is 2. The van der Waals surface area contributed by atoms with Gasteiger partial charge in [0.05, 0.1) is 11.4 Å². The van der Waals surface area contributed by atoms with Crippen LogP contribution in [0.5, 0.6) is 0 Å². The van der Waals surface area contributed by atoms with Crippen LogP contribution in [0.3, 0.4) is 0 Å². The molecular weight excluding hydrogens is 436 g/mol. The Labute approximate surface area is 183 Å². The van der Waals surface area contributed by atoms with Crippen LogP contribution in [-0.4, -0.2) is 24.5 Å². The van der Waals surface area contributed by atoms with Crippen LogP contribution in [0.2, 0.25) is 0 Å². The van der Waals surface area contributed by atoms with Gasteiger partial charge in [0, 0.05) is 18.4 Å². The number of amides is 1. The molecule has 158 valence electrons. The van der Waals surface area contributed by atoms with Gasteiger partial charge in [-0.05, 0) is 23.6 Å². The molecule has 0 atom stereocenters. The number of nitrogens with one attached hydrogen (secondary N) is 2. The lowest BCUT2D eigenvalue weighted by molar-refractivity contribution is -0.116. The standard InChI is InChI=1S/C21H18N4O4S2/c26-18(12-13-19-23-21(24-29-19)15-7-2-1-3-8-15)22-16-9-4-5-10-17(16)25-31(27,28)20-11-6-14-30-20/h1-11,14,25H,12-13H2,(H,22,26). The van der Waals surface area contributed by atoms with Gasteiger partial charge in [0.15, 0.2) is 0 Å². The number of rotatable bonds is 8. The number of aromatic nitrogens is 2. The molecular formula is C21H18N4O4S2. The van der Waals surface area contributed by atoms with Crippen molar-refractivity contribution in [3.8, 4) is 11.4 Å². The lowest BCUT2D eigenvalue weighted by Gasteiger charge is -2.12. The van der Waals surface area contributed by atoms with E-state index < -0.39 is 10.0 Å². The number of hydrogen-bond donors (Lipinski definition) is 2. The molecule has 0 radical (unpaired) electrons. The topological polar surface area (TPSA) is 114 Å². The van der Waals surface area contributed by atoms with Gasteiger partial charge in [-0.15, -0.1) is 11.3 Å². The van der Waals surface area contributed by atoms with E-state index in [1.54, 1.807) is 35.7 Å². The highest BCUT2D eigenvalue weighted by Crippen LogP contribution is 2.26. The summed E-state index contributed by atoms with van der Waals surface area (Å²) in [7, 11) is -3.72. The number of anilines is 2. The Morgan fingerprint density at radius 1 is 0.968 bits per heavy atom. The Balaban J connectivity index is 1.39. The lowest BCUT2D eigenvalue weighted by Crippen LogP contribution is -2.16. The van der Waals surface area contributed by atoms with Gasteiger partial charge in [0.25, 0.3) is 10.0 Å². The maximum Gasteiger partial charge on any atom is 0.271 e. The van der Waals surface area contributed by atoms with Gasteiger partial charge in [0.1, 0.15) is 4.21 Å². The molecule has 31 heavy (non-hydrogen) atoms. The van der Waals surface area contributed by atoms with Crippen molar-refractivity contribution in [2.24, 2.45) is 0 Å². The van der Waals surface area contributed by atoms with Crippen molar-refractivity contribution in [2.45, 2.75) is 17.1 Å². The Hall–Kier alpha value is -3.50. The molecule has 2 heterocycles. The molecule has 0 fully saturated rings. The van der Waals surface area contributed by atoms with Crippen LogP contribution < -0.4 is 10.0 Å². The molecule has 0 aliphatic rings. The highest BCUT2D eigenvalue weighted by Gasteiger charge is 2.18. The second-order valence-electron chi connectivity index (χ2n) is 6.51. The molecule has 0 saturated carbocycles. The van der Waals surface area contributed by atoms with Crippen LogP contribution in [0.15, 0.2) is 80.8 Å². The van der Waals surface area contributed by atoms with E-state index >= 15 is 0 Å². The van der Waals surface area contributed by atoms with E-state index in [1.807, 2.05) is 30.3 Å². The van der Waals surface area contributed by atoms with E-state index in [0.717, 1.165) is 16.9 Å². The van der Waals surface area contributed by atoms with Crippen LogP contribution in [0, 0.1) is 0 Å². The molecule has 0 saturated heterocycles. The predicted octanol–water partition coefficient (Wildman–Crippen LogP) is 4.17. The molecule has 4 aromatic rings. The highest BCUT2D eigenvalue weighted by atomic mass is 32.2. The molecule has 1 amide bonds. The summed E-state index contributed by atoms with van der Waals surface area (Å²) in [5, 5.41) is 8.35.